The zero-order valence-corrected chi connectivity index (χ0v) is 35.6. The molecular weight excluding hydrogens is 848 g/mol. The molecule has 12 nitrogen and oxygen atoms in total. The SMILES string of the molecule is [N-]=[N+]=NCc1ccccc1[C@@H]1OC(c2ccc(OCCCO)cc2)=N[C@]1(Cc1ccccc1Br)C(=O)NNCCc1ccc(OCc2ccccc2)c(OCc2ccccc2)c1. The normalized spacial score (nSPS) is 15.5. The van der Waals surface area contributed by atoms with Crippen molar-refractivity contribution >= 4 is 27.7 Å². The van der Waals surface area contributed by atoms with Gasteiger partial charge in [0.2, 0.25) is 5.90 Å². The van der Waals surface area contributed by atoms with Crippen molar-refractivity contribution in [1.29, 1.82) is 0 Å². The molecule has 1 aliphatic rings. The second-order valence-electron chi connectivity index (χ2n) is 14.6. The summed E-state index contributed by atoms with van der Waals surface area (Å²) in [4.78, 5) is 23.1. The van der Waals surface area contributed by atoms with E-state index in [1.165, 1.54) is 0 Å². The van der Waals surface area contributed by atoms with Gasteiger partial charge in [-0.3, -0.25) is 10.2 Å². The molecule has 6 aromatic rings. The first-order valence-corrected chi connectivity index (χ1v) is 21.2. The van der Waals surface area contributed by atoms with E-state index in [1.807, 2.05) is 140 Å². The number of hydrogen-bond donors (Lipinski definition) is 3. The number of azide groups is 1. The Labute approximate surface area is 369 Å². The molecule has 3 N–H and O–H groups in total. The van der Waals surface area contributed by atoms with Crippen molar-refractivity contribution in [2.45, 2.75) is 50.7 Å². The van der Waals surface area contributed by atoms with Crippen LogP contribution in [0.15, 0.2) is 166 Å². The highest BCUT2D eigenvalue weighted by atomic mass is 79.9. The van der Waals surface area contributed by atoms with E-state index in [0.717, 1.165) is 26.7 Å². The summed E-state index contributed by atoms with van der Waals surface area (Å²) in [7, 11) is 0. The molecule has 1 heterocycles. The summed E-state index contributed by atoms with van der Waals surface area (Å²) in [6.45, 7) is 1.61. The van der Waals surface area contributed by atoms with E-state index in [0.29, 0.717) is 73.1 Å². The molecule has 13 heteroatoms. The predicted molar refractivity (Wildman–Crippen MR) is 242 cm³/mol. The molecule has 0 unspecified atom stereocenters. The van der Waals surface area contributed by atoms with Crippen molar-refractivity contribution in [3.05, 3.63) is 206 Å². The van der Waals surface area contributed by atoms with E-state index in [9.17, 15) is 15.4 Å². The quantitative estimate of drug-likeness (QED) is 0.0213. The van der Waals surface area contributed by atoms with Gasteiger partial charge in [-0.05, 0) is 87.8 Å². The maximum absolute atomic E-state index is 15.0. The second-order valence-corrected chi connectivity index (χ2v) is 15.5. The van der Waals surface area contributed by atoms with Gasteiger partial charge in [0.1, 0.15) is 19.0 Å². The highest BCUT2D eigenvalue weighted by Gasteiger charge is 2.54. The fourth-order valence-electron chi connectivity index (χ4n) is 7.10. The number of amides is 1. The van der Waals surface area contributed by atoms with Gasteiger partial charge in [0, 0.05) is 40.9 Å². The minimum absolute atomic E-state index is 0.0327. The Morgan fingerprint density at radius 3 is 2.15 bits per heavy atom. The molecule has 0 aromatic heterocycles. The number of ether oxygens (including phenoxy) is 4. The molecule has 6 aromatic carbocycles. The van der Waals surface area contributed by atoms with Crippen LogP contribution in [0.3, 0.4) is 0 Å². The number of aliphatic hydroxyl groups is 1. The van der Waals surface area contributed by atoms with Crippen molar-refractivity contribution in [3.8, 4) is 17.2 Å². The lowest BCUT2D eigenvalue weighted by Gasteiger charge is -2.32. The summed E-state index contributed by atoms with van der Waals surface area (Å²) in [5.41, 5.74) is 19.8. The van der Waals surface area contributed by atoms with E-state index in [1.54, 1.807) is 12.1 Å². The number of nitrogens with one attached hydrogen (secondary N) is 2. The van der Waals surface area contributed by atoms with Crippen LogP contribution in [-0.2, 0) is 42.1 Å². The average molecular weight is 896 g/mol. The first kappa shape index (κ1) is 43.5. The van der Waals surface area contributed by atoms with E-state index in [2.05, 4.69) is 36.8 Å². The molecule has 316 valence electrons. The molecule has 0 aliphatic carbocycles. The molecule has 0 saturated heterocycles. The molecule has 0 radical (unpaired) electrons. The standard InChI is InChI=1S/C49H47BrN6O6/c50-43-19-10-8-16-39(43)31-49(46(42-18-9-7-17-40(42)32-53-56-51)62-47(54-49)38-21-23-41(24-22-38)59-29-11-28-57)48(58)55-52-27-26-35-20-25-44(60-33-36-12-3-1-4-13-36)45(30-35)61-34-37-14-5-2-6-15-37/h1-10,12-25,30,46,52,57H,11,26-29,31-34H2,(H,55,58)/t46-,49-/m0/s1. The minimum atomic E-state index is -1.52. The van der Waals surface area contributed by atoms with Gasteiger partial charge >= 0.3 is 0 Å². The van der Waals surface area contributed by atoms with Gasteiger partial charge in [-0.25, -0.2) is 10.4 Å². The highest BCUT2D eigenvalue weighted by molar-refractivity contribution is 9.10. The molecule has 1 amide bonds. The maximum atomic E-state index is 15.0. The number of nitrogens with zero attached hydrogens (tertiary/aromatic N) is 4. The summed E-state index contributed by atoms with van der Waals surface area (Å²) >= 11 is 3.70. The molecule has 0 fully saturated rings. The first-order valence-electron chi connectivity index (χ1n) is 20.4. The first-order chi connectivity index (χ1) is 30.5. The lowest BCUT2D eigenvalue weighted by molar-refractivity contribution is -0.130. The van der Waals surface area contributed by atoms with Gasteiger partial charge in [-0.2, -0.15) is 0 Å². The van der Waals surface area contributed by atoms with Gasteiger partial charge in [0.15, 0.2) is 23.1 Å². The van der Waals surface area contributed by atoms with E-state index in [4.69, 9.17) is 23.9 Å². The summed E-state index contributed by atoms with van der Waals surface area (Å²) in [6, 6.07) is 48.3. The van der Waals surface area contributed by atoms with Crippen LogP contribution < -0.4 is 25.1 Å². The van der Waals surface area contributed by atoms with Gasteiger partial charge in [0.25, 0.3) is 5.91 Å². The van der Waals surface area contributed by atoms with Crippen molar-refractivity contribution in [2.24, 2.45) is 10.1 Å². The maximum Gasteiger partial charge on any atom is 0.266 e. The summed E-state index contributed by atoms with van der Waals surface area (Å²) in [6.07, 6.45) is 0.315. The largest absolute Gasteiger partial charge is 0.494 e. The van der Waals surface area contributed by atoms with E-state index >= 15 is 0 Å². The number of halogens is 1. The molecular formula is C49H47BrN6O6. The van der Waals surface area contributed by atoms with Gasteiger partial charge < -0.3 is 24.1 Å². The van der Waals surface area contributed by atoms with Crippen LogP contribution in [0.1, 0.15) is 51.5 Å². The predicted octanol–water partition coefficient (Wildman–Crippen LogP) is 9.54. The molecule has 2 atom stereocenters. The zero-order valence-electron chi connectivity index (χ0n) is 34.0. The molecule has 1 aliphatic heterocycles. The Morgan fingerprint density at radius 1 is 0.790 bits per heavy atom. The fourth-order valence-corrected chi connectivity index (χ4v) is 7.53. The fraction of sp³-hybridized carbons (Fsp3) is 0.224. The lowest BCUT2D eigenvalue weighted by atomic mass is 9.80. The van der Waals surface area contributed by atoms with Gasteiger partial charge in [0.05, 0.1) is 13.2 Å². The summed E-state index contributed by atoms with van der Waals surface area (Å²) in [5, 5.41) is 13.0. The van der Waals surface area contributed by atoms with Crippen molar-refractivity contribution in [1.82, 2.24) is 10.9 Å². The van der Waals surface area contributed by atoms with Crippen LogP contribution in [0.2, 0.25) is 0 Å². The van der Waals surface area contributed by atoms with Gasteiger partial charge in [-0.1, -0.05) is 130 Å². The Balaban J connectivity index is 1.15. The third-order valence-electron chi connectivity index (χ3n) is 10.3. The number of hydrazine groups is 1. The average Bonchev–Trinajstić information content (AvgIpc) is 3.70. The van der Waals surface area contributed by atoms with Crippen molar-refractivity contribution in [3.63, 3.8) is 0 Å². The Morgan fingerprint density at radius 2 is 1.45 bits per heavy atom. The highest BCUT2D eigenvalue weighted by Crippen LogP contribution is 2.44. The Hall–Kier alpha value is -6.63. The van der Waals surface area contributed by atoms with Crippen molar-refractivity contribution < 1.29 is 28.8 Å². The summed E-state index contributed by atoms with van der Waals surface area (Å²) < 4.78 is 25.9. The summed E-state index contributed by atoms with van der Waals surface area (Å²) in [5.74, 6) is 1.75. The second kappa shape index (κ2) is 21.8. The number of hydrogen-bond acceptors (Lipinski definition) is 9. The molecule has 0 spiro atoms. The molecule has 0 saturated carbocycles. The van der Waals surface area contributed by atoms with Crippen LogP contribution in [0.5, 0.6) is 17.2 Å². The third-order valence-corrected chi connectivity index (χ3v) is 11.1. The van der Waals surface area contributed by atoms with Crippen LogP contribution in [0.25, 0.3) is 10.4 Å². The zero-order chi connectivity index (χ0) is 43.0. The minimum Gasteiger partial charge on any atom is -0.494 e. The van der Waals surface area contributed by atoms with Crippen LogP contribution in [-0.4, -0.2) is 42.2 Å². The number of carbonyl (C=O) groups excluding carboxylic acids is 1. The number of aliphatic imine (C=N–C) groups is 1. The lowest BCUT2D eigenvalue weighted by Crippen LogP contribution is -2.54. The van der Waals surface area contributed by atoms with Crippen LogP contribution in [0.4, 0.5) is 0 Å². The topological polar surface area (TPSA) is 159 Å². The Bertz CT molecular complexity index is 2480. The molecule has 7 rings (SSSR count). The van der Waals surface area contributed by atoms with Crippen LogP contribution in [0, 0.1) is 0 Å². The van der Waals surface area contributed by atoms with E-state index in [-0.39, 0.29) is 25.5 Å². The number of aliphatic hydroxyl groups excluding tert-OH is 1. The third kappa shape index (κ3) is 11.2. The monoisotopic (exact) mass is 894 g/mol. The van der Waals surface area contributed by atoms with E-state index < -0.39 is 17.6 Å². The van der Waals surface area contributed by atoms with Crippen LogP contribution >= 0.6 is 15.9 Å². The number of carbonyl (C=O) groups is 1. The Kier molecular flexibility index (Phi) is 15.2. The molecule has 62 heavy (non-hydrogen) atoms. The number of benzene rings is 6. The smallest absolute Gasteiger partial charge is 0.266 e. The van der Waals surface area contributed by atoms with Gasteiger partial charge in [-0.15, -0.1) is 0 Å². The number of rotatable bonds is 21. The molecule has 0 bridgehead atoms. The van der Waals surface area contributed by atoms with Crippen molar-refractivity contribution in [2.75, 3.05) is 19.8 Å².